The summed E-state index contributed by atoms with van der Waals surface area (Å²) in [5.41, 5.74) is 2.76. The van der Waals surface area contributed by atoms with E-state index in [2.05, 4.69) is 58.1 Å². The van der Waals surface area contributed by atoms with Gasteiger partial charge < -0.3 is 4.57 Å². The molecule has 14 heavy (non-hydrogen) atoms. The van der Waals surface area contributed by atoms with Crippen LogP contribution in [0.5, 0.6) is 0 Å². The molecule has 0 N–H and O–H groups in total. The van der Waals surface area contributed by atoms with Crippen LogP contribution >= 0.6 is 0 Å². The van der Waals surface area contributed by atoms with E-state index in [1.807, 2.05) is 0 Å². The van der Waals surface area contributed by atoms with Crippen LogP contribution < -0.4 is 0 Å². The van der Waals surface area contributed by atoms with Gasteiger partial charge in [0.2, 0.25) is 0 Å². The van der Waals surface area contributed by atoms with Gasteiger partial charge in [0.05, 0.1) is 5.69 Å². The molecule has 0 radical (unpaired) electrons. The Labute approximate surface area is 87.4 Å². The van der Waals surface area contributed by atoms with Crippen molar-refractivity contribution < 1.29 is 0 Å². The van der Waals surface area contributed by atoms with Crippen LogP contribution in [0.4, 0.5) is 0 Å². The van der Waals surface area contributed by atoms with E-state index in [1.54, 1.807) is 0 Å². The maximum absolute atomic E-state index is 4.67. The van der Waals surface area contributed by atoms with Gasteiger partial charge >= 0.3 is 0 Å². The van der Waals surface area contributed by atoms with Crippen LogP contribution in [0.2, 0.25) is 0 Å². The van der Waals surface area contributed by atoms with Gasteiger partial charge in [0, 0.05) is 18.2 Å². The fourth-order valence-corrected chi connectivity index (χ4v) is 1.84. The Morgan fingerprint density at radius 1 is 1.21 bits per heavy atom. The first-order chi connectivity index (χ1) is 6.25. The summed E-state index contributed by atoms with van der Waals surface area (Å²) in [6.07, 6.45) is 0. The van der Waals surface area contributed by atoms with Crippen molar-refractivity contribution in [2.45, 2.75) is 52.9 Å². The van der Waals surface area contributed by atoms with Gasteiger partial charge in [-0.2, -0.15) is 0 Å². The van der Waals surface area contributed by atoms with E-state index in [4.69, 9.17) is 0 Å². The third kappa shape index (κ3) is 1.84. The summed E-state index contributed by atoms with van der Waals surface area (Å²) in [6, 6.07) is 0. The molecular weight excluding hydrogens is 172 g/mol. The van der Waals surface area contributed by atoms with Gasteiger partial charge in [-0.05, 0) is 12.8 Å². The Balaban J connectivity index is 3.37. The van der Waals surface area contributed by atoms with Crippen molar-refractivity contribution in [3.05, 3.63) is 17.2 Å². The van der Waals surface area contributed by atoms with Crippen molar-refractivity contribution in [1.82, 2.24) is 9.55 Å². The van der Waals surface area contributed by atoms with Crippen LogP contribution in [0, 0.1) is 6.92 Å². The summed E-state index contributed by atoms with van der Waals surface area (Å²) in [7, 11) is 2.10. The molecule has 0 fully saturated rings. The standard InChI is InChI=1S/C12H22N2/c1-8(2)10-11(12(4,5)6)13-9(3)14(10)7/h8H,1-7H3. The van der Waals surface area contributed by atoms with Crippen molar-refractivity contribution in [2.24, 2.45) is 7.05 Å². The predicted molar refractivity (Wildman–Crippen MR) is 60.7 cm³/mol. The highest BCUT2D eigenvalue weighted by atomic mass is 15.1. The Kier molecular flexibility index (Phi) is 2.75. The van der Waals surface area contributed by atoms with Crippen molar-refractivity contribution >= 4 is 0 Å². The van der Waals surface area contributed by atoms with Crippen LogP contribution in [0.15, 0.2) is 0 Å². The molecule has 0 bridgehead atoms. The fourth-order valence-electron chi connectivity index (χ4n) is 1.84. The smallest absolute Gasteiger partial charge is 0.105 e. The average molecular weight is 194 g/mol. The van der Waals surface area contributed by atoms with Gasteiger partial charge in [-0.1, -0.05) is 34.6 Å². The van der Waals surface area contributed by atoms with E-state index in [0.717, 1.165) is 5.82 Å². The van der Waals surface area contributed by atoms with Crippen LogP contribution in [0.25, 0.3) is 0 Å². The zero-order valence-electron chi connectivity index (χ0n) is 10.5. The molecule has 2 heteroatoms. The monoisotopic (exact) mass is 194 g/mol. The molecule has 0 spiro atoms. The summed E-state index contributed by atoms with van der Waals surface area (Å²) >= 11 is 0. The molecule has 0 saturated heterocycles. The molecule has 0 unspecified atom stereocenters. The van der Waals surface area contributed by atoms with Gasteiger partial charge in [-0.3, -0.25) is 0 Å². The van der Waals surface area contributed by atoms with Crippen LogP contribution in [-0.4, -0.2) is 9.55 Å². The molecule has 0 saturated carbocycles. The Bertz CT molecular complexity index is 327. The normalized spacial score (nSPS) is 12.6. The fraction of sp³-hybridized carbons (Fsp3) is 0.750. The molecule has 1 aromatic heterocycles. The first kappa shape index (κ1) is 11.3. The first-order valence-electron chi connectivity index (χ1n) is 5.29. The molecule has 2 nitrogen and oxygen atoms in total. The Hall–Kier alpha value is -0.790. The highest BCUT2D eigenvalue weighted by molar-refractivity contribution is 5.26. The van der Waals surface area contributed by atoms with Gasteiger partial charge in [0.1, 0.15) is 5.82 Å². The summed E-state index contributed by atoms with van der Waals surface area (Å²) < 4.78 is 2.21. The largest absolute Gasteiger partial charge is 0.335 e. The van der Waals surface area contributed by atoms with E-state index in [-0.39, 0.29) is 5.41 Å². The maximum Gasteiger partial charge on any atom is 0.105 e. The van der Waals surface area contributed by atoms with E-state index in [1.165, 1.54) is 11.4 Å². The van der Waals surface area contributed by atoms with Gasteiger partial charge in [-0.15, -0.1) is 0 Å². The molecule has 1 rings (SSSR count). The lowest BCUT2D eigenvalue weighted by Crippen LogP contribution is -2.16. The van der Waals surface area contributed by atoms with Gasteiger partial charge in [-0.25, -0.2) is 4.98 Å². The van der Waals surface area contributed by atoms with Crippen molar-refractivity contribution in [3.8, 4) is 0 Å². The van der Waals surface area contributed by atoms with E-state index in [0.29, 0.717) is 5.92 Å². The lowest BCUT2D eigenvalue weighted by atomic mass is 9.88. The van der Waals surface area contributed by atoms with Crippen LogP contribution in [-0.2, 0) is 12.5 Å². The highest BCUT2D eigenvalue weighted by Gasteiger charge is 2.25. The third-order valence-corrected chi connectivity index (χ3v) is 2.62. The van der Waals surface area contributed by atoms with Crippen LogP contribution in [0.1, 0.15) is 57.7 Å². The van der Waals surface area contributed by atoms with Crippen LogP contribution in [0.3, 0.4) is 0 Å². The second-order valence-corrected chi connectivity index (χ2v) is 5.36. The molecule has 1 aromatic rings. The predicted octanol–water partition coefficient (Wildman–Crippen LogP) is 3.15. The Morgan fingerprint density at radius 2 is 1.71 bits per heavy atom. The zero-order chi connectivity index (χ0) is 11.1. The maximum atomic E-state index is 4.67. The van der Waals surface area contributed by atoms with Crippen molar-refractivity contribution in [3.63, 3.8) is 0 Å². The highest BCUT2D eigenvalue weighted by Crippen LogP contribution is 2.29. The van der Waals surface area contributed by atoms with Gasteiger partial charge in [0.25, 0.3) is 0 Å². The lowest BCUT2D eigenvalue weighted by molar-refractivity contribution is 0.554. The minimum Gasteiger partial charge on any atom is -0.335 e. The number of aromatic nitrogens is 2. The average Bonchev–Trinajstić information content (AvgIpc) is 2.27. The Morgan fingerprint density at radius 3 is 2.00 bits per heavy atom. The minimum atomic E-state index is 0.144. The quantitative estimate of drug-likeness (QED) is 0.671. The molecule has 0 amide bonds. The summed E-state index contributed by atoms with van der Waals surface area (Å²) in [5, 5.41) is 0. The number of nitrogens with zero attached hydrogens (tertiary/aromatic N) is 2. The summed E-state index contributed by atoms with van der Waals surface area (Å²) in [5.74, 6) is 1.65. The molecule has 1 heterocycles. The summed E-state index contributed by atoms with van der Waals surface area (Å²) in [6.45, 7) is 13.2. The molecule has 0 aromatic carbocycles. The molecule has 0 atom stereocenters. The third-order valence-electron chi connectivity index (χ3n) is 2.62. The minimum absolute atomic E-state index is 0.144. The van der Waals surface area contributed by atoms with E-state index >= 15 is 0 Å². The van der Waals surface area contributed by atoms with Crippen molar-refractivity contribution in [2.75, 3.05) is 0 Å². The summed E-state index contributed by atoms with van der Waals surface area (Å²) in [4.78, 5) is 4.67. The topological polar surface area (TPSA) is 17.8 Å². The second kappa shape index (κ2) is 3.41. The van der Waals surface area contributed by atoms with E-state index < -0.39 is 0 Å². The molecule has 80 valence electrons. The second-order valence-electron chi connectivity index (χ2n) is 5.36. The molecule has 0 aliphatic carbocycles. The number of aryl methyl sites for hydroxylation is 1. The van der Waals surface area contributed by atoms with Gasteiger partial charge in [0.15, 0.2) is 0 Å². The lowest BCUT2D eigenvalue weighted by Gasteiger charge is -2.20. The molecule has 0 aliphatic rings. The van der Waals surface area contributed by atoms with Crippen molar-refractivity contribution in [1.29, 1.82) is 0 Å². The number of rotatable bonds is 1. The number of hydrogen-bond acceptors (Lipinski definition) is 1. The number of hydrogen-bond donors (Lipinski definition) is 0. The molecular formula is C12H22N2. The first-order valence-corrected chi connectivity index (χ1v) is 5.29. The molecule has 0 aliphatic heterocycles. The van der Waals surface area contributed by atoms with E-state index in [9.17, 15) is 0 Å². The number of imidazole rings is 1. The zero-order valence-corrected chi connectivity index (χ0v) is 10.5. The SMILES string of the molecule is Cc1nc(C(C)(C)C)c(C(C)C)n1C.